The summed E-state index contributed by atoms with van der Waals surface area (Å²) < 4.78 is 26.7. The lowest BCUT2D eigenvalue weighted by Gasteiger charge is -2.30. The van der Waals surface area contributed by atoms with E-state index in [1.54, 1.807) is 23.6 Å². The molecule has 1 saturated heterocycles. The van der Waals surface area contributed by atoms with E-state index in [-0.39, 0.29) is 11.5 Å². The molecule has 0 aliphatic carbocycles. The smallest absolute Gasteiger partial charge is 0.250 e. The maximum atomic E-state index is 12.0. The lowest BCUT2D eigenvalue weighted by molar-refractivity contribution is 0.321. The van der Waals surface area contributed by atoms with Crippen LogP contribution in [0.5, 0.6) is 0 Å². The standard InChI is InChI=1S/C28H33N3O4S/c1-20-6-4-5-7-25(20)26(18-27(29-33)24-12-13-28(32)30(2)19-24)23-10-8-21(9-11-23)22-14-16-31(17-15-22)36(3,34)35/h4-13,19,22,26-27H,14-18H2,1-3H3/t26-,27?/m1/s1. The number of piperidine rings is 1. The van der Waals surface area contributed by atoms with Gasteiger partial charge in [-0.15, -0.1) is 0 Å². The molecule has 8 heteroatoms. The maximum absolute atomic E-state index is 12.0. The first-order valence-electron chi connectivity index (χ1n) is 12.3. The number of aryl methyl sites for hydroxylation is 2. The summed E-state index contributed by atoms with van der Waals surface area (Å²) in [4.78, 5) is 23.8. The van der Waals surface area contributed by atoms with Gasteiger partial charge in [0.15, 0.2) is 0 Å². The average Bonchev–Trinajstić information content (AvgIpc) is 2.87. The van der Waals surface area contributed by atoms with Crippen molar-refractivity contribution >= 4 is 10.0 Å². The summed E-state index contributed by atoms with van der Waals surface area (Å²) in [7, 11) is -1.47. The van der Waals surface area contributed by atoms with Gasteiger partial charge in [0.2, 0.25) is 15.6 Å². The van der Waals surface area contributed by atoms with Gasteiger partial charge in [0.1, 0.15) is 6.04 Å². The predicted molar refractivity (Wildman–Crippen MR) is 143 cm³/mol. The van der Waals surface area contributed by atoms with Crippen molar-refractivity contribution in [1.29, 1.82) is 0 Å². The zero-order chi connectivity index (χ0) is 25.9. The van der Waals surface area contributed by atoms with Gasteiger partial charge >= 0.3 is 0 Å². The Morgan fingerprint density at radius 3 is 2.19 bits per heavy atom. The second-order valence-electron chi connectivity index (χ2n) is 9.78. The number of nitroso groups, excluding NO2 is 1. The lowest BCUT2D eigenvalue weighted by atomic mass is 9.81. The Morgan fingerprint density at radius 2 is 1.61 bits per heavy atom. The van der Waals surface area contributed by atoms with E-state index in [0.29, 0.717) is 25.4 Å². The van der Waals surface area contributed by atoms with E-state index >= 15 is 0 Å². The van der Waals surface area contributed by atoms with Crippen LogP contribution in [0.3, 0.4) is 0 Å². The monoisotopic (exact) mass is 507 g/mol. The van der Waals surface area contributed by atoms with E-state index in [9.17, 15) is 18.1 Å². The molecule has 2 aromatic carbocycles. The van der Waals surface area contributed by atoms with Crippen LogP contribution in [0, 0.1) is 11.8 Å². The van der Waals surface area contributed by atoms with Gasteiger partial charge in [-0.05, 0) is 66.0 Å². The summed E-state index contributed by atoms with van der Waals surface area (Å²) >= 11 is 0. The third-order valence-corrected chi connectivity index (χ3v) is 8.68. The molecule has 190 valence electrons. The Balaban J connectivity index is 1.61. The van der Waals surface area contributed by atoms with Crippen molar-refractivity contribution < 1.29 is 8.42 Å². The zero-order valence-corrected chi connectivity index (χ0v) is 21.8. The van der Waals surface area contributed by atoms with Gasteiger partial charge in [0.25, 0.3) is 0 Å². The molecule has 0 N–H and O–H groups in total. The molecule has 1 unspecified atom stereocenters. The van der Waals surface area contributed by atoms with Gasteiger partial charge in [-0.2, -0.15) is 4.91 Å². The van der Waals surface area contributed by atoms with Crippen LogP contribution in [-0.2, 0) is 17.1 Å². The molecular formula is C28H33N3O4S. The van der Waals surface area contributed by atoms with Crippen LogP contribution in [0.25, 0.3) is 0 Å². The van der Waals surface area contributed by atoms with Crippen molar-refractivity contribution in [1.82, 2.24) is 8.87 Å². The third kappa shape index (κ3) is 5.82. The molecule has 0 saturated carbocycles. The minimum absolute atomic E-state index is 0.0488. The summed E-state index contributed by atoms with van der Waals surface area (Å²) in [5, 5.41) is 3.45. The molecule has 1 aliphatic heterocycles. The Labute approximate surface area is 212 Å². The number of aromatic nitrogens is 1. The molecule has 2 atom stereocenters. The molecule has 2 heterocycles. The molecule has 0 radical (unpaired) electrons. The molecule has 3 aromatic rings. The van der Waals surface area contributed by atoms with E-state index in [1.165, 1.54) is 22.5 Å². The van der Waals surface area contributed by atoms with Gasteiger partial charge in [-0.25, -0.2) is 12.7 Å². The topological polar surface area (TPSA) is 88.8 Å². The third-order valence-electron chi connectivity index (χ3n) is 7.38. The molecule has 1 fully saturated rings. The highest BCUT2D eigenvalue weighted by molar-refractivity contribution is 7.88. The predicted octanol–water partition coefficient (Wildman–Crippen LogP) is 4.86. The van der Waals surface area contributed by atoms with Crippen LogP contribution < -0.4 is 5.56 Å². The highest BCUT2D eigenvalue weighted by atomic mass is 32.2. The van der Waals surface area contributed by atoms with Crippen molar-refractivity contribution in [2.45, 2.75) is 44.1 Å². The molecule has 7 nitrogen and oxygen atoms in total. The average molecular weight is 508 g/mol. The molecule has 1 aromatic heterocycles. The van der Waals surface area contributed by atoms with Gasteiger partial charge in [-0.3, -0.25) is 4.79 Å². The Morgan fingerprint density at radius 1 is 0.972 bits per heavy atom. The van der Waals surface area contributed by atoms with Crippen molar-refractivity contribution in [3.63, 3.8) is 0 Å². The number of rotatable bonds is 8. The van der Waals surface area contributed by atoms with Crippen LogP contribution >= 0.6 is 0 Å². The SMILES string of the molecule is Cc1ccccc1[C@H](CC(N=O)c1ccc(=O)n(C)c1)c1ccc(C2CCN(S(C)(=O)=O)CC2)cc1. The van der Waals surface area contributed by atoms with Crippen LogP contribution in [-0.4, -0.2) is 36.6 Å². The first-order valence-corrected chi connectivity index (χ1v) is 14.1. The molecule has 0 bridgehead atoms. The number of nitrogens with zero attached hydrogens (tertiary/aromatic N) is 3. The summed E-state index contributed by atoms with van der Waals surface area (Å²) in [6, 6.07) is 19.3. The van der Waals surface area contributed by atoms with Crippen LogP contribution in [0.4, 0.5) is 0 Å². The van der Waals surface area contributed by atoms with Crippen molar-refractivity contribution in [2.75, 3.05) is 19.3 Å². The quantitative estimate of drug-likeness (QED) is 0.407. The molecule has 0 spiro atoms. The minimum Gasteiger partial charge on any atom is -0.318 e. The highest BCUT2D eigenvalue weighted by Gasteiger charge is 2.27. The first-order chi connectivity index (χ1) is 17.2. The van der Waals surface area contributed by atoms with Crippen molar-refractivity contribution in [3.8, 4) is 0 Å². The second-order valence-corrected chi connectivity index (χ2v) is 11.8. The molecule has 4 rings (SSSR count). The molecular weight excluding hydrogens is 474 g/mol. The first kappa shape index (κ1) is 26.0. The van der Waals surface area contributed by atoms with Crippen molar-refractivity contribution in [3.05, 3.63) is 110 Å². The fraction of sp³-hybridized carbons (Fsp3) is 0.393. The minimum atomic E-state index is -3.15. The molecule has 36 heavy (non-hydrogen) atoms. The van der Waals surface area contributed by atoms with Gasteiger partial charge in [0, 0.05) is 38.3 Å². The summed E-state index contributed by atoms with van der Waals surface area (Å²) in [6.45, 7) is 3.16. The van der Waals surface area contributed by atoms with E-state index < -0.39 is 16.1 Å². The number of pyridine rings is 1. The zero-order valence-electron chi connectivity index (χ0n) is 21.0. The van der Waals surface area contributed by atoms with Crippen LogP contribution in [0.2, 0.25) is 0 Å². The largest absolute Gasteiger partial charge is 0.318 e. The molecule has 0 amide bonds. The normalized spacial score (nSPS) is 17.0. The van der Waals surface area contributed by atoms with E-state index in [0.717, 1.165) is 35.1 Å². The fourth-order valence-electron chi connectivity index (χ4n) is 5.22. The van der Waals surface area contributed by atoms with Gasteiger partial charge in [0.05, 0.1) is 6.26 Å². The van der Waals surface area contributed by atoms with E-state index in [4.69, 9.17) is 0 Å². The highest BCUT2D eigenvalue weighted by Crippen LogP contribution is 2.38. The van der Waals surface area contributed by atoms with Crippen molar-refractivity contribution in [2.24, 2.45) is 12.2 Å². The Kier molecular flexibility index (Phi) is 7.85. The Hall–Kier alpha value is -3.10. The summed E-state index contributed by atoms with van der Waals surface area (Å²) in [6.07, 6.45) is 5.05. The summed E-state index contributed by atoms with van der Waals surface area (Å²) in [5.74, 6) is 0.274. The number of hydrogen-bond acceptors (Lipinski definition) is 5. The van der Waals surface area contributed by atoms with Crippen LogP contribution in [0.15, 0.2) is 76.8 Å². The van der Waals surface area contributed by atoms with Crippen LogP contribution in [0.1, 0.15) is 65.0 Å². The number of sulfonamides is 1. The van der Waals surface area contributed by atoms with E-state index in [1.807, 2.05) is 12.1 Å². The second kappa shape index (κ2) is 10.9. The molecule has 1 aliphatic rings. The lowest BCUT2D eigenvalue weighted by Crippen LogP contribution is -2.37. The summed E-state index contributed by atoms with van der Waals surface area (Å²) in [5.41, 5.74) is 5.19. The number of benzene rings is 2. The van der Waals surface area contributed by atoms with Gasteiger partial charge in [-0.1, -0.05) is 53.7 Å². The fourth-order valence-corrected chi connectivity index (χ4v) is 6.09. The number of hydrogen-bond donors (Lipinski definition) is 0. The Bertz CT molecular complexity index is 1370. The van der Waals surface area contributed by atoms with Gasteiger partial charge < -0.3 is 4.57 Å². The van der Waals surface area contributed by atoms with E-state index in [2.05, 4.69) is 48.5 Å². The maximum Gasteiger partial charge on any atom is 0.250 e.